The molecule has 2 nitrogen and oxygen atoms in total. The van der Waals surface area contributed by atoms with Crippen molar-refractivity contribution in [2.45, 2.75) is 0 Å². The second-order valence-corrected chi connectivity index (χ2v) is 14.9. The number of rotatable bonds is 7. The van der Waals surface area contributed by atoms with E-state index >= 15 is 0 Å². The molecule has 0 bridgehead atoms. The normalized spacial score (nSPS) is 11.4. The van der Waals surface area contributed by atoms with Gasteiger partial charge >= 0.3 is 0 Å². The Morgan fingerprint density at radius 2 is 0.897 bits per heavy atom. The first-order chi connectivity index (χ1) is 28.8. The number of nitrogens with zero attached hydrogens (tertiary/aromatic N) is 2. The molecule has 0 saturated carbocycles. The van der Waals surface area contributed by atoms with Crippen molar-refractivity contribution >= 4 is 60.4 Å². The first kappa shape index (κ1) is 33.6. The summed E-state index contributed by atoms with van der Waals surface area (Å²) in [5, 5.41) is 7.41. The van der Waals surface area contributed by atoms with E-state index in [1.165, 1.54) is 76.9 Å². The van der Waals surface area contributed by atoms with Crippen LogP contribution in [-0.4, -0.2) is 4.57 Å². The Balaban J connectivity index is 1.13. The lowest BCUT2D eigenvalue weighted by atomic mass is 9.96. The van der Waals surface area contributed by atoms with E-state index in [9.17, 15) is 0 Å². The Morgan fingerprint density at radius 1 is 0.310 bits per heavy atom. The van der Waals surface area contributed by atoms with Crippen molar-refractivity contribution in [3.8, 4) is 39.1 Å². The average molecular weight is 739 g/mol. The van der Waals surface area contributed by atoms with Crippen LogP contribution in [-0.2, 0) is 0 Å². The molecule has 1 heterocycles. The van der Waals surface area contributed by atoms with Gasteiger partial charge in [0.05, 0.1) is 22.4 Å². The summed E-state index contributed by atoms with van der Waals surface area (Å²) in [5.74, 6) is 0. The summed E-state index contributed by atoms with van der Waals surface area (Å²) in [7, 11) is 0. The highest BCUT2D eigenvalue weighted by Crippen LogP contribution is 2.46. The quantitative estimate of drug-likeness (QED) is 0.158. The minimum absolute atomic E-state index is 1.09. The highest BCUT2D eigenvalue weighted by atomic mass is 15.1. The molecular weight excluding hydrogens is 701 g/mol. The third kappa shape index (κ3) is 5.74. The fourth-order valence-electron chi connectivity index (χ4n) is 8.86. The summed E-state index contributed by atoms with van der Waals surface area (Å²) < 4.78 is 2.45. The second kappa shape index (κ2) is 14.1. The Labute approximate surface area is 338 Å². The Hall–Kier alpha value is -7.68. The van der Waals surface area contributed by atoms with Gasteiger partial charge in [0, 0.05) is 33.1 Å². The van der Waals surface area contributed by atoms with Crippen molar-refractivity contribution in [1.29, 1.82) is 0 Å². The average Bonchev–Trinajstić information content (AvgIpc) is 3.64. The lowest BCUT2D eigenvalue weighted by Crippen LogP contribution is -2.11. The zero-order valence-electron chi connectivity index (χ0n) is 31.8. The molecule has 0 N–H and O–H groups in total. The fourth-order valence-corrected chi connectivity index (χ4v) is 8.86. The van der Waals surface area contributed by atoms with Crippen LogP contribution in [0.15, 0.2) is 231 Å². The number of fused-ring (bicyclic) bond motifs is 5. The van der Waals surface area contributed by atoms with E-state index in [0.717, 1.165) is 22.6 Å². The van der Waals surface area contributed by atoms with Crippen LogP contribution in [0, 0.1) is 0 Å². The zero-order valence-corrected chi connectivity index (χ0v) is 31.8. The first-order valence-electron chi connectivity index (χ1n) is 19.9. The van der Waals surface area contributed by atoms with Crippen molar-refractivity contribution in [3.63, 3.8) is 0 Å². The van der Waals surface area contributed by atoms with Crippen LogP contribution in [0.2, 0.25) is 0 Å². The molecule has 58 heavy (non-hydrogen) atoms. The Morgan fingerprint density at radius 3 is 1.78 bits per heavy atom. The topological polar surface area (TPSA) is 8.17 Å². The van der Waals surface area contributed by atoms with E-state index < -0.39 is 0 Å². The summed E-state index contributed by atoms with van der Waals surface area (Å²) in [6.07, 6.45) is 0. The Bertz CT molecular complexity index is 3280. The molecule has 0 aliphatic carbocycles. The molecule has 0 saturated heterocycles. The molecule has 0 aliphatic rings. The molecule has 11 aromatic rings. The predicted molar refractivity (Wildman–Crippen MR) is 247 cm³/mol. The van der Waals surface area contributed by atoms with Crippen LogP contribution < -0.4 is 4.90 Å². The van der Waals surface area contributed by atoms with Gasteiger partial charge in [0.25, 0.3) is 0 Å². The molecule has 0 atom stereocenters. The number of para-hydroxylation sites is 2. The van der Waals surface area contributed by atoms with Crippen LogP contribution in [0.1, 0.15) is 0 Å². The van der Waals surface area contributed by atoms with E-state index in [2.05, 4.69) is 240 Å². The van der Waals surface area contributed by atoms with E-state index in [1.807, 2.05) is 0 Å². The Kier molecular flexibility index (Phi) is 8.19. The molecule has 11 rings (SSSR count). The van der Waals surface area contributed by atoms with Crippen LogP contribution in [0.3, 0.4) is 0 Å². The van der Waals surface area contributed by atoms with Crippen molar-refractivity contribution in [1.82, 2.24) is 4.57 Å². The molecule has 1 aromatic heterocycles. The summed E-state index contributed by atoms with van der Waals surface area (Å²) in [5.41, 5.74) is 14.0. The maximum Gasteiger partial charge on any atom is 0.0547 e. The van der Waals surface area contributed by atoms with Crippen LogP contribution in [0.25, 0.3) is 82.4 Å². The highest BCUT2D eigenvalue weighted by molar-refractivity contribution is 6.17. The van der Waals surface area contributed by atoms with E-state index in [4.69, 9.17) is 0 Å². The molecule has 0 unspecified atom stereocenters. The molecule has 10 aromatic carbocycles. The fraction of sp³-hybridized carbons (Fsp3) is 0. The van der Waals surface area contributed by atoms with Gasteiger partial charge in [-0.25, -0.2) is 0 Å². The minimum Gasteiger partial charge on any atom is -0.310 e. The molecule has 0 fully saturated rings. The number of benzene rings is 10. The van der Waals surface area contributed by atoms with Crippen molar-refractivity contribution in [2.24, 2.45) is 0 Å². The highest BCUT2D eigenvalue weighted by Gasteiger charge is 2.22. The van der Waals surface area contributed by atoms with E-state index in [1.54, 1.807) is 0 Å². The predicted octanol–water partition coefficient (Wildman–Crippen LogP) is 15.6. The minimum atomic E-state index is 1.09. The lowest BCUT2D eigenvalue weighted by molar-refractivity contribution is 1.20. The SMILES string of the molecule is c1ccc(-c2ccc(N(c3cccc(-c4ccc5ccccc5c4)c3)c3ccccc3-c3cccc4c3c3ccccc3n4-c3cccc4ccccc34)cc2)cc1. The van der Waals surface area contributed by atoms with Gasteiger partial charge in [0.1, 0.15) is 0 Å². The van der Waals surface area contributed by atoms with Gasteiger partial charge in [0.2, 0.25) is 0 Å². The zero-order chi connectivity index (χ0) is 38.4. The summed E-state index contributed by atoms with van der Waals surface area (Å²) in [6.45, 7) is 0. The molecule has 0 spiro atoms. The number of hydrogen-bond acceptors (Lipinski definition) is 1. The van der Waals surface area contributed by atoms with Gasteiger partial charge in [-0.15, -0.1) is 0 Å². The van der Waals surface area contributed by atoms with Gasteiger partial charge < -0.3 is 9.47 Å². The molecule has 272 valence electrons. The summed E-state index contributed by atoms with van der Waals surface area (Å²) in [6, 6.07) is 83.7. The van der Waals surface area contributed by atoms with Gasteiger partial charge in [0.15, 0.2) is 0 Å². The van der Waals surface area contributed by atoms with Gasteiger partial charge in [-0.2, -0.15) is 0 Å². The van der Waals surface area contributed by atoms with Crippen LogP contribution in [0.4, 0.5) is 17.1 Å². The number of hydrogen-bond donors (Lipinski definition) is 0. The van der Waals surface area contributed by atoms with Crippen LogP contribution >= 0.6 is 0 Å². The summed E-state index contributed by atoms with van der Waals surface area (Å²) >= 11 is 0. The van der Waals surface area contributed by atoms with Gasteiger partial charge in [-0.1, -0.05) is 176 Å². The molecule has 2 heteroatoms. The van der Waals surface area contributed by atoms with E-state index in [0.29, 0.717) is 0 Å². The molecular formula is C56H38N2. The van der Waals surface area contributed by atoms with Crippen molar-refractivity contribution in [3.05, 3.63) is 231 Å². The first-order valence-corrected chi connectivity index (χ1v) is 19.9. The maximum absolute atomic E-state index is 2.45. The van der Waals surface area contributed by atoms with Crippen LogP contribution in [0.5, 0.6) is 0 Å². The molecule has 0 amide bonds. The standard InChI is InChI=1S/C56H38N2/c1-2-15-39(16-3-1)41-33-35-46(36-34-41)57(47-22-12-21-44(38-47)45-32-31-40-17-4-5-19-43(40)37-45)53-27-10-8-24-49(53)50-26-14-30-55-56(50)51-25-9-11-28-54(51)58(55)52-29-13-20-42-18-6-7-23-48(42)52/h1-38H. The lowest BCUT2D eigenvalue weighted by Gasteiger charge is -2.28. The maximum atomic E-state index is 2.45. The van der Waals surface area contributed by atoms with E-state index in [-0.39, 0.29) is 0 Å². The molecule has 0 radical (unpaired) electrons. The van der Waals surface area contributed by atoms with Gasteiger partial charge in [-0.05, 0) is 98.6 Å². The third-order valence-electron chi connectivity index (χ3n) is 11.6. The monoisotopic (exact) mass is 738 g/mol. The summed E-state index contributed by atoms with van der Waals surface area (Å²) in [4.78, 5) is 2.43. The van der Waals surface area contributed by atoms with Crippen molar-refractivity contribution < 1.29 is 0 Å². The van der Waals surface area contributed by atoms with Crippen molar-refractivity contribution in [2.75, 3.05) is 4.90 Å². The molecule has 0 aliphatic heterocycles. The second-order valence-electron chi connectivity index (χ2n) is 14.9. The number of anilines is 3. The smallest absolute Gasteiger partial charge is 0.0547 e. The number of aromatic nitrogens is 1. The third-order valence-corrected chi connectivity index (χ3v) is 11.6. The van der Waals surface area contributed by atoms with Gasteiger partial charge in [-0.3, -0.25) is 0 Å². The largest absolute Gasteiger partial charge is 0.310 e.